The summed E-state index contributed by atoms with van der Waals surface area (Å²) in [5.41, 5.74) is -0.0774. The molecule has 0 radical (unpaired) electrons. The van der Waals surface area contributed by atoms with Gasteiger partial charge in [-0.2, -0.15) is 0 Å². The van der Waals surface area contributed by atoms with Gasteiger partial charge in [0.2, 0.25) is 0 Å². The molecule has 0 aromatic heterocycles. The Balaban J connectivity index is 4.86. The molecule has 0 aliphatic rings. The molecule has 0 heterocycles. The molecule has 6 heteroatoms. The van der Waals surface area contributed by atoms with Gasteiger partial charge in [-0.3, -0.25) is 0 Å². The molecule has 0 rings (SSSR count). The molecule has 15 heavy (non-hydrogen) atoms. The van der Waals surface area contributed by atoms with Crippen LogP contribution in [0, 0.1) is 0 Å². The summed E-state index contributed by atoms with van der Waals surface area (Å²) in [6, 6.07) is 0. The highest BCUT2D eigenvalue weighted by molar-refractivity contribution is 6.69. The summed E-state index contributed by atoms with van der Waals surface area (Å²) >= 11 is 0. The first-order valence-corrected chi connectivity index (χ1v) is 9.95. The van der Waals surface area contributed by atoms with E-state index in [2.05, 4.69) is 0 Å². The zero-order valence-corrected chi connectivity index (χ0v) is 13.3. The van der Waals surface area contributed by atoms with E-state index < -0.39 is 26.8 Å². The van der Waals surface area contributed by atoms with Crippen LogP contribution in [0.5, 0.6) is 0 Å². The van der Waals surface area contributed by atoms with Gasteiger partial charge in [-0.15, -0.1) is 0 Å². The second-order valence-electron chi connectivity index (χ2n) is 4.97. The zero-order chi connectivity index (χ0) is 12.3. The summed E-state index contributed by atoms with van der Waals surface area (Å²) in [7, 11) is -1.23. The quantitative estimate of drug-likeness (QED) is 0.438. The van der Waals surface area contributed by atoms with Crippen LogP contribution in [0.1, 0.15) is 13.3 Å². The van der Waals surface area contributed by atoms with Crippen LogP contribution in [-0.2, 0) is 4.43 Å². The fraction of sp³-hybridized carbons (Fsp3) is 1.00. The largest absolute Gasteiger partial charge is 0.393 e. The van der Waals surface area contributed by atoms with Crippen LogP contribution in [0.2, 0.25) is 25.2 Å². The lowest BCUT2D eigenvalue weighted by molar-refractivity contribution is -0.222. The number of aliphatic hydroxyl groups is 3. The molecule has 0 saturated carbocycles. The van der Waals surface area contributed by atoms with E-state index in [1.54, 1.807) is 0 Å². The molecule has 3 atom stereocenters. The fourth-order valence-electron chi connectivity index (χ4n) is 1.41. The molecule has 0 amide bonds. The highest BCUT2D eigenvalue weighted by Gasteiger charge is 2.44. The maximum atomic E-state index is 10.3. The molecule has 0 spiro atoms. The third kappa shape index (κ3) is 4.33. The average Bonchev–Trinajstić information content (AvgIpc) is 2.12. The molecule has 3 N–H and O–H groups in total. The van der Waals surface area contributed by atoms with E-state index in [-0.39, 0.29) is 5.54 Å². The molecule has 0 aromatic carbocycles. The van der Waals surface area contributed by atoms with Crippen molar-refractivity contribution in [1.29, 1.82) is 0 Å². The van der Waals surface area contributed by atoms with Gasteiger partial charge in [-0.1, -0.05) is 13.3 Å². The van der Waals surface area contributed by atoms with Crippen molar-refractivity contribution in [2.45, 2.75) is 50.4 Å². The molecule has 0 aliphatic heterocycles. The van der Waals surface area contributed by atoms with Crippen molar-refractivity contribution in [3.05, 3.63) is 0 Å². The minimum atomic E-state index is -1.95. The predicted octanol–water partition coefficient (Wildman–Crippen LogP) is -0.556. The number of hydrogen-bond acceptors (Lipinski definition) is 4. The summed E-state index contributed by atoms with van der Waals surface area (Å²) < 4.78 is 5.65. The Bertz CT molecular complexity index is 183. The topological polar surface area (TPSA) is 69.9 Å². The van der Waals surface area contributed by atoms with E-state index in [0.717, 1.165) is 16.7 Å². The van der Waals surface area contributed by atoms with Crippen molar-refractivity contribution < 1.29 is 19.7 Å². The fourth-order valence-corrected chi connectivity index (χ4v) is 3.47. The lowest BCUT2D eigenvalue weighted by Gasteiger charge is -2.41. The summed E-state index contributed by atoms with van der Waals surface area (Å²) in [6.45, 7) is 7.32. The summed E-state index contributed by atoms with van der Waals surface area (Å²) in [5.74, 6) is -1.57. The van der Waals surface area contributed by atoms with E-state index >= 15 is 0 Å². The van der Waals surface area contributed by atoms with Crippen molar-refractivity contribution in [1.82, 2.24) is 0 Å². The lowest BCUT2D eigenvalue weighted by Crippen LogP contribution is -2.55. The molecule has 92 valence electrons. The van der Waals surface area contributed by atoms with Gasteiger partial charge in [-0.05, 0) is 25.2 Å². The highest BCUT2D eigenvalue weighted by Crippen LogP contribution is 2.31. The van der Waals surface area contributed by atoms with Gasteiger partial charge in [0.15, 0.2) is 14.1 Å². The van der Waals surface area contributed by atoms with Crippen molar-refractivity contribution >= 4 is 18.6 Å². The second kappa shape index (κ2) is 5.56. The Morgan fingerprint density at radius 2 is 1.87 bits per heavy atom. The number of hydrogen-bond donors (Lipinski definition) is 3. The zero-order valence-electron chi connectivity index (χ0n) is 10.3. The van der Waals surface area contributed by atoms with Gasteiger partial charge in [0, 0.05) is 10.2 Å². The summed E-state index contributed by atoms with van der Waals surface area (Å²) in [5, 5.41) is 28.9. The van der Waals surface area contributed by atoms with Crippen LogP contribution in [0.15, 0.2) is 0 Å². The van der Waals surface area contributed by atoms with Crippen LogP contribution in [-0.4, -0.2) is 52.4 Å². The van der Waals surface area contributed by atoms with Crippen LogP contribution < -0.4 is 0 Å². The maximum absolute atomic E-state index is 10.3. The number of aliphatic hydroxyl groups excluding tert-OH is 2. The molecule has 3 unspecified atom stereocenters. The molecule has 0 fully saturated rings. The van der Waals surface area contributed by atoms with Crippen molar-refractivity contribution in [2.75, 3.05) is 6.61 Å². The van der Waals surface area contributed by atoms with Gasteiger partial charge >= 0.3 is 0 Å². The normalized spacial score (nSPS) is 21.0. The van der Waals surface area contributed by atoms with Crippen molar-refractivity contribution in [3.8, 4) is 0 Å². The molecular weight excluding hydrogens is 228 g/mol. The Morgan fingerprint density at radius 3 is 2.13 bits per heavy atom. The SMILES string of the molecule is CCC([SiH3])C(O)(O[Si](C)(C)C)C(O)CO. The molecular formula is C9H24O4Si2. The first kappa shape index (κ1) is 15.3. The first-order valence-electron chi connectivity index (χ1n) is 5.38. The van der Waals surface area contributed by atoms with Gasteiger partial charge in [0.25, 0.3) is 0 Å². The van der Waals surface area contributed by atoms with E-state index in [1.165, 1.54) is 0 Å². The average molecular weight is 252 g/mol. The smallest absolute Gasteiger partial charge is 0.187 e. The Morgan fingerprint density at radius 1 is 1.40 bits per heavy atom. The Labute approximate surface area is 95.8 Å². The van der Waals surface area contributed by atoms with Gasteiger partial charge in [0.05, 0.1) is 6.61 Å². The third-order valence-electron chi connectivity index (χ3n) is 2.44. The van der Waals surface area contributed by atoms with Crippen molar-refractivity contribution in [3.63, 3.8) is 0 Å². The van der Waals surface area contributed by atoms with Crippen LogP contribution in [0.3, 0.4) is 0 Å². The van der Waals surface area contributed by atoms with Gasteiger partial charge in [-0.25, -0.2) is 0 Å². The monoisotopic (exact) mass is 252 g/mol. The minimum absolute atomic E-state index is 0.0774. The predicted molar refractivity (Wildman–Crippen MR) is 66.5 cm³/mol. The lowest BCUT2D eigenvalue weighted by atomic mass is 10.0. The summed E-state index contributed by atoms with van der Waals surface area (Å²) in [6.07, 6.45) is -0.476. The second-order valence-corrected chi connectivity index (χ2v) is 10.8. The molecule has 0 aliphatic carbocycles. The standard InChI is InChI=1S/C9H24O4Si2/c1-5-8(14)9(12,7(11)6-10)13-15(2,3)4/h7-8,10-12H,5-6H2,1-4,14H3. The molecule has 4 nitrogen and oxygen atoms in total. The van der Waals surface area contributed by atoms with Crippen LogP contribution in [0.25, 0.3) is 0 Å². The van der Waals surface area contributed by atoms with Gasteiger partial charge in [0.1, 0.15) is 6.10 Å². The van der Waals surface area contributed by atoms with Crippen LogP contribution >= 0.6 is 0 Å². The van der Waals surface area contributed by atoms with E-state index in [1.807, 2.05) is 26.6 Å². The first-order chi connectivity index (χ1) is 6.67. The molecule has 0 bridgehead atoms. The third-order valence-corrected chi connectivity index (χ3v) is 5.02. The van der Waals surface area contributed by atoms with E-state index in [0.29, 0.717) is 0 Å². The summed E-state index contributed by atoms with van der Waals surface area (Å²) in [4.78, 5) is 0. The van der Waals surface area contributed by atoms with Crippen molar-refractivity contribution in [2.24, 2.45) is 0 Å². The van der Waals surface area contributed by atoms with E-state index in [4.69, 9.17) is 9.53 Å². The number of rotatable bonds is 6. The van der Waals surface area contributed by atoms with Gasteiger partial charge < -0.3 is 19.7 Å². The highest BCUT2D eigenvalue weighted by atomic mass is 28.4. The van der Waals surface area contributed by atoms with E-state index in [9.17, 15) is 10.2 Å². The molecule has 0 aromatic rings. The Kier molecular flexibility index (Phi) is 5.66. The molecule has 0 saturated heterocycles. The Hall–Kier alpha value is 0.274. The van der Waals surface area contributed by atoms with Crippen LogP contribution in [0.4, 0.5) is 0 Å². The maximum Gasteiger partial charge on any atom is 0.187 e. The minimum Gasteiger partial charge on any atom is -0.393 e.